The molecular weight excluding hydrogens is 681 g/mol. The van der Waals surface area contributed by atoms with E-state index in [1.54, 1.807) is 17.0 Å². The van der Waals surface area contributed by atoms with Crippen molar-refractivity contribution in [3.63, 3.8) is 0 Å². The van der Waals surface area contributed by atoms with E-state index in [-0.39, 0.29) is 37.9 Å². The van der Waals surface area contributed by atoms with Crippen LogP contribution in [-0.2, 0) is 38.8 Å². The van der Waals surface area contributed by atoms with Gasteiger partial charge in [0.2, 0.25) is 0 Å². The molecule has 0 bridgehead atoms. The highest BCUT2D eigenvalue weighted by atomic mass is 32.2. The lowest BCUT2D eigenvalue weighted by atomic mass is 9.77. The molecule has 0 radical (unpaired) electrons. The molecule has 0 saturated carbocycles. The summed E-state index contributed by atoms with van der Waals surface area (Å²) in [5.41, 5.74) is 3.07. The Labute approximate surface area is 309 Å². The summed E-state index contributed by atoms with van der Waals surface area (Å²) in [7, 11) is -3.84. The van der Waals surface area contributed by atoms with E-state index in [1.807, 2.05) is 45.9 Å². The Morgan fingerprint density at radius 3 is 1.54 bits per heavy atom. The summed E-state index contributed by atoms with van der Waals surface area (Å²) < 4.78 is 52.5. The highest BCUT2D eigenvalue weighted by molar-refractivity contribution is 7.86. The number of benzene rings is 4. The Morgan fingerprint density at radius 1 is 0.615 bits per heavy atom. The zero-order chi connectivity index (χ0) is 37.3. The number of amides is 1. The minimum atomic E-state index is -3.84. The van der Waals surface area contributed by atoms with Gasteiger partial charge in [0.15, 0.2) is 0 Å². The van der Waals surface area contributed by atoms with E-state index in [1.165, 1.54) is 12.1 Å². The summed E-state index contributed by atoms with van der Waals surface area (Å²) in [5.74, 6) is 0. The van der Waals surface area contributed by atoms with Crippen molar-refractivity contribution in [2.75, 3.05) is 65.9 Å². The van der Waals surface area contributed by atoms with Crippen LogP contribution in [0.4, 0.5) is 4.79 Å². The van der Waals surface area contributed by atoms with E-state index in [2.05, 4.69) is 78.1 Å². The Balaban J connectivity index is 1.23. The van der Waals surface area contributed by atoms with Gasteiger partial charge in [0.1, 0.15) is 5.60 Å². The maximum Gasteiger partial charge on any atom is 0.410 e. The zero-order valence-corrected chi connectivity index (χ0v) is 31.5. The molecule has 0 aliphatic carbocycles. The molecule has 0 unspecified atom stereocenters. The molecule has 0 spiro atoms. The van der Waals surface area contributed by atoms with Crippen LogP contribution in [-0.4, -0.2) is 90.9 Å². The van der Waals surface area contributed by atoms with E-state index >= 15 is 0 Å². The number of hydrogen-bond acceptors (Lipinski definition) is 9. The molecule has 0 aromatic heterocycles. The standard InChI is InChI=1S/C41H52N2O8S/c1-34-20-22-38(23-21-34)52(45,46)50-33-32-49-31-30-48-29-26-43(39(44)51-40(2,3)4)25-28-47-27-24-42-41(35-14-8-5-9-15-35,36-16-10-6-11-17-36)37-18-12-7-13-19-37/h5-23,42H,24-33H2,1-4H3. The fourth-order valence-corrected chi connectivity index (χ4v) is 6.44. The fraction of sp³-hybridized carbons (Fsp3) is 0.390. The molecule has 0 fully saturated rings. The van der Waals surface area contributed by atoms with Gasteiger partial charge >= 0.3 is 6.09 Å². The van der Waals surface area contributed by atoms with Gasteiger partial charge < -0.3 is 23.8 Å². The Morgan fingerprint density at radius 2 is 1.06 bits per heavy atom. The van der Waals surface area contributed by atoms with Crippen LogP contribution in [0, 0.1) is 6.92 Å². The maximum atomic E-state index is 13.0. The lowest BCUT2D eigenvalue weighted by Gasteiger charge is -2.37. The first-order valence-corrected chi connectivity index (χ1v) is 19.0. The number of ether oxygens (including phenoxy) is 4. The van der Waals surface area contributed by atoms with Crippen LogP contribution in [0.2, 0.25) is 0 Å². The molecule has 280 valence electrons. The van der Waals surface area contributed by atoms with Gasteiger partial charge in [0.05, 0.1) is 56.7 Å². The first-order valence-electron chi connectivity index (χ1n) is 17.6. The van der Waals surface area contributed by atoms with E-state index in [4.69, 9.17) is 23.1 Å². The molecule has 0 atom stereocenters. The highest BCUT2D eigenvalue weighted by Gasteiger charge is 2.35. The molecule has 4 aromatic carbocycles. The predicted octanol–water partition coefficient (Wildman–Crippen LogP) is 6.57. The zero-order valence-electron chi connectivity index (χ0n) is 30.7. The van der Waals surface area contributed by atoms with Crippen molar-refractivity contribution in [3.8, 4) is 0 Å². The smallest absolute Gasteiger partial charge is 0.410 e. The molecule has 4 aromatic rings. The second kappa shape index (κ2) is 20.2. The molecular formula is C41H52N2O8S. The fourth-order valence-electron chi connectivity index (χ4n) is 5.55. The summed E-state index contributed by atoms with van der Waals surface area (Å²) in [6.45, 7) is 10.0. The number of carbonyl (C=O) groups excluding carboxylic acids is 1. The minimum absolute atomic E-state index is 0.0911. The van der Waals surface area contributed by atoms with Crippen molar-refractivity contribution in [2.45, 2.75) is 43.7 Å². The number of nitrogens with one attached hydrogen (secondary N) is 1. The average Bonchev–Trinajstić information content (AvgIpc) is 3.13. The van der Waals surface area contributed by atoms with E-state index in [0.29, 0.717) is 32.8 Å². The summed E-state index contributed by atoms with van der Waals surface area (Å²) in [6.07, 6.45) is -0.447. The molecule has 4 rings (SSSR count). The van der Waals surface area contributed by atoms with Crippen LogP contribution in [0.1, 0.15) is 43.0 Å². The predicted molar refractivity (Wildman–Crippen MR) is 202 cm³/mol. The van der Waals surface area contributed by atoms with Crippen molar-refractivity contribution >= 4 is 16.2 Å². The van der Waals surface area contributed by atoms with Crippen LogP contribution >= 0.6 is 0 Å². The number of nitrogens with zero attached hydrogens (tertiary/aromatic N) is 1. The SMILES string of the molecule is Cc1ccc(S(=O)(=O)OCCOCCOCCN(CCOCCNC(c2ccccc2)(c2ccccc2)c2ccccc2)C(=O)OC(C)(C)C)cc1. The summed E-state index contributed by atoms with van der Waals surface area (Å²) in [4.78, 5) is 14.7. The van der Waals surface area contributed by atoms with Gasteiger partial charge in [-0.25, -0.2) is 4.79 Å². The van der Waals surface area contributed by atoms with Gasteiger partial charge in [0.25, 0.3) is 10.1 Å². The minimum Gasteiger partial charge on any atom is -0.444 e. The molecule has 1 amide bonds. The molecule has 0 saturated heterocycles. The second-order valence-corrected chi connectivity index (χ2v) is 14.8. The van der Waals surface area contributed by atoms with Crippen molar-refractivity contribution in [1.82, 2.24) is 10.2 Å². The first kappa shape index (κ1) is 40.7. The van der Waals surface area contributed by atoms with E-state index < -0.39 is 27.4 Å². The molecule has 0 aliphatic heterocycles. The van der Waals surface area contributed by atoms with Gasteiger partial charge in [-0.1, -0.05) is 109 Å². The molecule has 0 heterocycles. The monoisotopic (exact) mass is 732 g/mol. The lowest BCUT2D eigenvalue weighted by Crippen LogP contribution is -2.46. The van der Waals surface area contributed by atoms with Crippen LogP contribution in [0.5, 0.6) is 0 Å². The van der Waals surface area contributed by atoms with E-state index in [0.717, 1.165) is 22.3 Å². The first-order chi connectivity index (χ1) is 25.0. The van der Waals surface area contributed by atoms with Crippen molar-refractivity contribution < 1.29 is 36.3 Å². The molecule has 52 heavy (non-hydrogen) atoms. The number of hydrogen-bond donors (Lipinski definition) is 1. The number of carbonyl (C=O) groups is 1. The van der Waals surface area contributed by atoms with Crippen molar-refractivity contribution in [1.29, 1.82) is 0 Å². The third-order valence-electron chi connectivity index (χ3n) is 8.07. The summed E-state index contributed by atoms with van der Waals surface area (Å²) in [6, 6.07) is 37.6. The van der Waals surface area contributed by atoms with Gasteiger partial charge in [-0.3, -0.25) is 9.50 Å². The van der Waals surface area contributed by atoms with Crippen LogP contribution in [0.15, 0.2) is 120 Å². The highest BCUT2D eigenvalue weighted by Crippen LogP contribution is 2.36. The van der Waals surface area contributed by atoms with Gasteiger partial charge in [-0.2, -0.15) is 8.42 Å². The topological polar surface area (TPSA) is 113 Å². The maximum absolute atomic E-state index is 13.0. The van der Waals surface area contributed by atoms with Crippen LogP contribution < -0.4 is 5.32 Å². The quantitative estimate of drug-likeness (QED) is 0.0578. The number of aryl methyl sites for hydroxylation is 1. The van der Waals surface area contributed by atoms with Crippen LogP contribution in [0.3, 0.4) is 0 Å². The Bertz CT molecular complexity index is 1620. The van der Waals surface area contributed by atoms with Crippen LogP contribution in [0.25, 0.3) is 0 Å². The normalized spacial score (nSPS) is 12.1. The second-order valence-electron chi connectivity index (χ2n) is 13.2. The molecule has 10 nitrogen and oxygen atoms in total. The molecule has 11 heteroatoms. The third-order valence-corrected chi connectivity index (χ3v) is 9.39. The number of rotatable bonds is 21. The largest absolute Gasteiger partial charge is 0.444 e. The summed E-state index contributed by atoms with van der Waals surface area (Å²) in [5, 5.41) is 3.81. The van der Waals surface area contributed by atoms with E-state index in [9.17, 15) is 13.2 Å². The van der Waals surface area contributed by atoms with Gasteiger partial charge in [-0.05, 0) is 56.5 Å². The summed E-state index contributed by atoms with van der Waals surface area (Å²) >= 11 is 0. The Kier molecular flexibility index (Phi) is 15.8. The molecule has 1 N–H and O–H groups in total. The Hall–Kier alpha value is -4.10. The van der Waals surface area contributed by atoms with Gasteiger partial charge in [0, 0.05) is 19.6 Å². The third kappa shape index (κ3) is 12.5. The van der Waals surface area contributed by atoms with Gasteiger partial charge in [-0.15, -0.1) is 0 Å². The van der Waals surface area contributed by atoms with Crippen molar-refractivity contribution in [2.24, 2.45) is 0 Å². The average molecular weight is 733 g/mol. The lowest BCUT2D eigenvalue weighted by molar-refractivity contribution is 0.00255. The van der Waals surface area contributed by atoms with Crippen molar-refractivity contribution in [3.05, 3.63) is 138 Å². The molecule has 0 aliphatic rings.